The summed E-state index contributed by atoms with van der Waals surface area (Å²) in [5.41, 5.74) is 4.26. The van der Waals surface area contributed by atoms with Crippen LogP contribution in [0.4, 0.5) is 13.2 Å². The molecule has 4 aromatic rings. The topological polar surface area (TPSA) is 70.2 Å². The van der Waals surface area contributed by atoms with Crippen LogP contribution in [0.3, 0.4) is 0 Å². The largest absolute Gasteiger partial charge is 0.468 e. The van der Waals surface area contributed by atoms with Gasteiger partial charge in [-0.15, -0.1) is 0 Å². The Labute approximate surface area is 224 Å². The summed E-state index contributed by atoms with van der Waals surface area (Å²) < 4.78 is 45.3. The molecule has 0 radical (unpaired) electrons. The second kappa shape index (κ2) is 10.1. The lowest BCUT2D eigenvalue weighted by Gasteiger charge is -2.50. The summed E-state index contributed by atoms with van der Waals surface area (Å²) in [5.74, 6) is -0.338. The molecule has 9 heteroatoms. The van der Waals surface area contributed by atoms with Crippen molar-refractivity contribution in [1.82, 2.24) is 20.2 Å². The minimum Gasteiger partial charge on any atom is -0.468 e. The molecule has 6 rings (SSSR count). The zero-order chi connectivity index (χ0) is 27.1. The van der Waals surface area contributed by atoms with Crippen molar-refractivity contribution in [3.63, 3.8) is 0 Å². The molecule has 0 bridgehead atoms. The average Bonchev–Trinajstić information content (AvgIpc) is 3.34. The molecule has 0 aliphatic carbocycles. The summed E-state index contributed by atoms with van der Waals surface area (Å²) in [6.07, 6.45) is 0.956. The normalized spacial score (nSPS) is 23.3. The number of nitrogens with zero attached hydrogens (tertiary/aromatic N) is 2. The Morgan fingerprint density at radius 2 is 1.85 bits per heavy atom. The van der Waals surface area contributed by atoms with E-state index in [0.717, 1.165) is 51.8 Å². The Kier molecular flexibility index (Phi) is 6.64. The van der Waals surface area contributed by atoms with Gasteiger partial charge in [-0.1, -0.05) is 36.4 Å². The number of aromatic amines is 1. The zero-order valence-corrected chi connectivity index (χ0v) is 21.4. The van der Waals surface area contributed by atoms with Crippen molar-refractivity contribution in [1.29, 1.82) is 0 Å². The van der Waals surface area contributed by atoms with Gasteiger partial charge in [-0.3, -0.25) is 14.7 Å². The first kappa shape index (κ1) is 25.6. The Balaban J connectivity index is 1.42. The molecule has 0 spiro atoms. The maximum Gasteiger partial charge on any atom is 0.416 e. The Hall–Kier alpha value is -3.69. The summed E-state index contributed by atoms with van der Waals surface area (Å²) in [7, 11) is 1.39. The molecule has 2 aliphatic rings. The van der Waals surface area contributed by atoms with E-state index in [-0.39, 0.29) is 24.1 Å². The number of hydrogen-bond donors (Lipinski definition) is 2. The number of esters is 1. The van der Waals surface area contributed by atoms with Crippen LogP contribution in [0.2, 0.25) is 0 Å². The molecular weight excluding hydrogens is 505 g/mol. The summed E-state index contributed by atoms with van der Waals surface area (Å²) >= 11 is 0. The predicted octanol–water partition coefficient (Wildman–Crippen LogP) is 5.72. The van der Waals surface area contributed by atoms with Crippen molar-refractivity contribution in [2.45, 2.75) is 56.2 Å². The lowest BCUT2D eigenvalue weighted by atomic mass is 9.79. The smallest absolute Gasteiger partial charge is 0.416 e. The second-order valence-corrected chi connectivity index (χ2v) is 10.3. The van der Waals surface area contributed by atoms with Gasteiger partial charge in [0.05, 0.1) is 18.7 Å². The van der Waals surface area contributed by atoms with Crippen LogP contribution >= 0.6 is 0 Å². The molecule has 0 amide bonds. The molecule has 202 valence electrons. The van der Waals surface area contributed by atoms with Gasteiger partial charge in [0, 0.05) is 54.0 Å². The molecule has 1 saturated heterocycles. The van der Waals surface area contributed by atoms with E-state index in [9.17, 15) is 18.0 Å². The first-order valence-electron chi connectivity index (χ1n) is 13.1. The maximum atomic E-state index is 13.3. The number of benzene rings is 2. The number of carbonyl (C=O) groups is 1. The van der Waals surface area contributed by atoms with Crippen LogP contribution in [0.5, 0.6) is 0 Å². The summed E-state index contributed by atoms with van der Waals surface area (Å²) in [6, 6.07) is 16.3. The molecule has 0 unspecified atom stereocenters. The van der Waals surface area contributed by atoms with E-state index in [4.69, 9.17) is 4.74 Å². The van der Waals surface area contributed by atoms with Crippen molar-refractivity contribution in [2.75, 3.05) is 7.11 Å². The zero-order valence-electron chi connectivity index (χ0n) is 21.4. The van der Waals surface area contributed by atoms with E-state index in [1.807, 2.05) is 36.5 Å². The van der Waals surface area contributed by atoms with E-state index in [1.54, 1.807) is 18.3 Å². The fourth-order valence-electron chi connectivity index (χ4n) is 6.30. The minimum absolute atomic E-state index is 0.0504. The molecule has 4 atom stereocenters. The van der Waals surface area contributed by atoms with Crippen LogP contribution < -0.4 is 5.32 Å². The highest BCUT2D eigenvalue weighted by Crippen LogP contribution is 2.49. The minimum atomic E-state index is -4.42. The first-order chi connectivity index (χ1) is 18.8. The third-order valence-corrected chi connectivity index (χ3v) is 8.09. The summed E-state index contributed by atoms with van der Waals surface area (Å²) in [4.78, 5) is 23.2. The van der Waals surface area contributed by atoms with Gasteiger partial charge in [-0.05, 0) is 53.8 Å². The Morgan fingerprint density at radius 3 is 2.56 bits per heavy atom. The highest BCUT2D eigenvalue weighted by Gasteiger charge is 2.48. The molecule has 2 aromatic heterocycles. The molecular formula is C30H29F3N4O2. The molecule has 6 nitrogen and oxygen atoms in total. The van der Waals surface area contributed by atoms with Crippen molar-refractivity contribution in [2.24, 2.45) is 0 Å². The van der Waals surface area contributed by atoms with Crippen LogP contribution in [0, 0.1) is 0 Å². The molecule has 1 fully saturated rings. The van der Waals surface area contributed by atoms with Gasteiger partial charge in [0.2, 0.25) is 0 Å². The van der Waals surface area contributed by atoms with Gasteiger partial charge in [-0.2, -0.15) is 13.2 Å². The number of fused-ring (bicyclic) bond motifs is 5. The number of ether oxygens (including phenoxy) is 1. The number of hydrogen-bond acceptors (Lipinski definition) is 5. The van der Waals surface area contributed by atoms with E-state index in [0.29, 0.717) is 19.4 Å². The molecule has 2 N–H and O–H groups in total. The molecule has 2 aromatic carbocycles. The number of pyridine rings is 1. The van der Waals surface area contributed by atoms with E-state index >= 15 is 0 Å². The highest BCUT2D eigenvalue weighted by atomic mass is 19.4. The van der Waals surface area contributed by atoms with Gasteiger partial charge in [0.15, 0.2) is 0 Å². The van der Waals surface area contributed by atoms with E-state index in [2.05, 4.69) is 26.3 Å². The summed E-state index contributed by atoms with van der Waals surface area (Å²) in [5, 5.41) is 4.73. The number of para-hydroxylation sites is 1. The van der Waals surface area contributed by atoms with Crippen molar-refractivity contribution >= 4 is 16.9 Å². The lowest BCUT2D eigenvalue weighted by Crippen LogP contribution is -2.55. The number of piperidine rings is 1. The highest BCUT2D eigenvalue weighted by molar-refractivity contribution is 5.87. The number of halogens is 3. The number of carbonyl (C=O) groups excluding carboxylic acids is 1. The Morgan fingerprint density at radius 1 is 1.08 bits per heavy atom. The standard InChI is InChI=1S/C30H29F3N4O2/c1-39-29(38)27-15-23-22-6-2-3-7-24(22)36-28(23)26-14-21(35-17-18-5-4-12-34-16-18)13-25(37(26)27)19-8-10-20(11-9-19)30(31,32)33/h2-12,16,21,25-27,35-36H,13-15,17H2,1H3/t21-,25-,26+,27-/m0/s1. The second-order valence-electron chi connectivity index (χ2n) is 10.3. The number of rotatable bonds is 5. The van der Waals surface area contributed by atoms with Crippen LogP contribution in [0.1, 0.15) is 52.9 Å². The van der Waals surface area contributed by atoms with Gasteiger partial charge in [0.1, 0.15) is 6.04 Å². The number of H-pyrrole nitrogens is 1. The van der Waals surface area contributed by atoms with Crippen molar-refractivity contribution in [3.05, 3.63) is 101 Å². The number of nitrogens with one attached hydrogen (secondary N) is 2. The maximum absolute atomic E-state index is 13.3. The molecule has 4 heterocycles. The van der Waals surface area contributed by atoms with Gasteiger partial charge >= 0.3 is 12.1 Å². The lowest BCUT2D eigenvalue weighted by molar-refractivity contribution is -0.152. The Bertz CT molecular complexity index is 1470. The number of methoxy groups -OCH3 is 1. The summed E-state index contributed by atoms with van der Waals surface area (Å²) in [6.45, 7) is 0.616. The van der Waals surface area contributed by atoms with Crippen LogP contribution in [-0.2, 0) is 28.7 Å². The van der Waals surface area contributed by atoms with Gasteiger partial charge < -0.3 is 15.0 Å². The SMILES string of the molecule is COC(=O)[C@@H]1Cc2c([nH]c3ccccc23)[C@H]2C[C@@H](NCc3cccnc3)C[C@@H](c3ccc(C(F)(F)F)cc3)N21. The van der Waals surface area contributed by atoms with E-state index < -0.39 is 17.8 Å². The van der Waals surface area contributed by atoms with Crippen LogP contribution in [-0.4, -0.2) is 40.0 Å². The number of alkyl halides is 3. The quantitative estimate of drug-likeness (QED) is 0.321. The monoisotopic (exact) mass is 534 g/mol. The molecule has 0 saturated carbocycles. The van der Waals surface area contributed by atoms with Crippen LogP contribution in [0.15, 0.2) is 73.1 Å². The third kappa shape index (κ3) is 4.81. The fourth-order valence-corrected chi connectivity index (χ4v) is 6.30. The van der Waals surface area contributed by atoms with E-state index in [1.165, 1.54) is 7.11 Å². The average molecular weight is 535 g/mol. The van der Waals surface area contributed by atoms with Gasteiger partial charge in [-0.25, -0.2) is 0 Å². The van der Waals surface area contributed by atoms with Crippen molar-refractivity contribution in [3.8, 4) is 0 Å². The third-order valence-electron chi connectivity index (χ3n) is 8.09. The molecule has 2 aliphatic heterocycles. The molecule has 39 heavy (non-hydrogen) atoms. The number of aromatic nitrogens is 2. The first-order valence-corrected chi connectivity index (χ1v) is 13.1. The predicted molar refractivity (Wildman–Crippen MR) is 141 cm³/mol. The fraction of sp³-hybridized carbons (Fsp3) is 0.333. The van der Waals surface area contributed by atoms with Gasteiger partial charge in [0.25, 0.3) is 0 Å². The van der Waals surface area contributed by atoms with Crippen molar-refractivity contribution < 1.29 is 22.7 Å². The van der Waals surface area contributed by atoms with Crippen LogP contribution in [0.25, 0.3) is 10.9 Å².